The van der Waals surface area contributed by atoms with Gasteiger partial charge in [-0.2, -0.15) is 0 Å². The smallest absolute Gasteiger partial charge is 0.228 e. The quantitative estimate of drug-likeness (QED) is 0.883. The molecule has 1 N–H and O–H groups in total. The van der Waals surface area contributed by atoms with Crippen molar-refractivity contribution in [2.75, 3.05) is 5.32 Å². The van der Waals surface area contributed by atoms with Gasteiger partial charge in [0.25, 0.3) is 0 Å². The van der Waals surface area contributed by atoms with Gasteiger partial charge in [-0.15, -0.1) is 0 Å². The minimum atomic E-state index is -3.35. The molecular weight excluding hydrogens is 341 g/mol. The van der Waals surface area contributed by atoms with Crippen molar-refractivity contribution >= 4 is 21.4 Å². The molecule has 1 saturated carbocycles. The number of sulfone groups is 1. The molecule has 2 aromatic rings. The number of carbonyl (C=O) groups excluding carboxylic acids is 1. The van der Waals surface area contributed by atoms with Gasteiger partial charge < -0.3 is 5.32 Å². The van der Waals surface area contributed by atoms with Crippen LogP contribution >= 0.6 is 0 Å². The van der Waals surface area contributed by atoms with Crippen molar-refractivity contribution in [1.82, 2.24) is 0 Å². The SMILES string of the molecule is O=C(Cc1ccc(F)cc1)Nc1cccc(S(=O)(=O)C2CCCC2)c1. The van der Waals surface area contributed by atoms with Crippen LogP contribution in [-0.4, -0.2) is 19.6 Å². The molecule has 0 spiro atoms. The monoisotopic (exact) mass is 361 g/mol. The third-order valence-electron chi connectivity index (χ3n) is 4.47. The number of anilines is 1. The topological polar surface area (TPSA) is 63.2 Å². The molecule has 0 bridgehead atoms. The summed E-state index contributed by atoms with van der Waals surface area (Å²) >= 11 is 0. The molecule has 0 heterocycles. The molecule has 1 fully saturated rings. The minimum absolute atomic E-state index is 0.0971. The first kappa shape index (κ1) is 17.6. The van der Waals surface area contributed by atoms with Gasteiger partial charge in [-0.3, -0.25) is 4.79 Å². The van der Waals surface area contributed by atoms with E-state index in [-0.39, 0.29) is 28.3 Å². The van der Waals surface area contributed by atoms with Crippen molar-refractivity contribution in [3.8, 4) is 0 Å². The lowest BCUT2D eigenvalue weighted by atomic mass is 10.1. The highest BCUT2D eigenvalue weighted by Crippen LogP contribution is 2.30. The van der Waals surface area contributed by atoms with Crippen molar-refractivity contribution in [2.24, 2.45) is 0 Å². The van der Waals surface area contributed by atoms with E-state index in [1.165, 1.54) is 18.2 Å². The van der Waals surface area contributed by atoms with Crippen LogP contribution in [0.2, 0.25) is 0 Å². The fourth-order valence-corrected chi connectivity index (χ4v) is 5.03. The Labute approximate surface area is 147 Å². The maximum Gasteiger partial charge on any atom is 0.228 e. The first-order chi connectivity index (χ1) is 11.9. The lowest BCUT2D eigenvalue weighted by molar-refractivity contribution is -0.115. The fraction of sp³-hybridized carbons (Fsp3) is 0.316. The molecule has 1 aliphatic rings. The average Bonchev–Trinajstić information content (AvgIpc) is 3.12. The second-order valence-corrected chi connectivity index (χ2v) is 8.56. The van der Waals surface area contributed by atoms with Gasteiger partial charge in [-0.25, -0.2) is 12.8 Å². The molecule has 6 heteroatoms. The largest absolute Gasteiger partial charge is 0.326 e. The number of rotatable bonds is 5. The summed E-state index contributed by atoms with van der Waals surface area (Å²) in [6.07, 6.45) is 3.38. The third-order valence-corrected chi connectivity index (χ3v) is 6.73. The van der Waals surface area contributed by atoms with Gasteiger partial charge in [-0.05, 0) is 48.7 Å². The number of benzene rings is 2. The zero-order chi connectivity index (χ0) is 17.9. The number of amides is 1. The summed E-state index contributed by atoms with van der Waals surface area (Å²) in [6.45, 7) is 0. The zero-order valence-corrected chi connectivity index (χ0v) is 14.6. The maximum absolute atomic E-state index is 12.9. The molecular formula is C19H20FNO3S. The van der Waals surface area contributed by atoms with Gasteiger partial charge in [0.05, 0.1) is 16.6 Å². The maximum atomic E-state index is 12.9. The van der Waals surface area contributed by atoms with Gasteiger partial charge in [-0.1, -0.05) is 31.0 Å². The van der Waals surface area contributed by atoms with Crippen molar-refractivity contribution in [3.63, 3.8) is 0 Å². The lowest BCUT2D eigenvalue weighted by Crippen LogP contribution is -2.19. The van der Waals surface area contributed by atoms with E-state index in [0.29, 0.717) is 24.1 Å². The fourth-order valence-electron chi connectivity index (χ4n) is 3.13. The Hall–Kier alpha value is -2.21. The normalized spacial score (nSPS) is 15.2. The van der Waals surface area contributed by atoms with Gasteiger partial charge in [0.2, 0.25) is 5.91 Å². The number of hydrogen-bond acceptors (Lipinski definition) is 3. The number of halogens is 1. The van der Waals surface area contributed by atoms with E-state index in [0.717, 1.165) is 12.8 Å². The molecule has 4 nitrogen and oxygen atoms in total. The summed E-state index contributed by atoms with van der Waals surface area (Å²) in [7, 11) is -3.35. The van der Waals surface area contributed by atoms with Crippen molar-refractivity contribution < 1.29 is 17.6 Å². The molecule has 0 unspecified atom stereocenters. The first-order valence-electron chi connectivity index (χ1n) is 8.33. The van der Waals surface area contributed by atoms with Crippen molar-refractivity contribution in [3.05, 3.63) is 59.9 Å². The second kappa shape index (κ2) is 7.35. The third kappa shape index (κ3) is 4.25. The molecule has 0 aromatic heterocycles. The Morgan fingerprint density at radius 3 is 2.44 bits per heavy atom. The van der Waals surface area contributed by atoms with E-state index in [1.54, 1.807) is 30.3 Å². The van der Waals surface area contributed by atoms with Crippen molar-refractivity contribution in [2.45, 2.75) is 42.2 Å². The molecule has 1 aliphatic carbocycles. The molecule has 132 valence electrons. The number of hydrogen-bond donors (Lipinski definition) is 1. The van der Waals surface area contributed by atoms with E-state index in [2.05, 4.69) is 5.32 Å². The van der Waals surface area contributed by atoms with E-state index in [1.807, 2.05) is 0 Å². The molecule has 0 aliphatic heterocycles. The van der Waals surface area contributed by atoms with Gasteiger partial charge >= 0.3 is 0 Å². The Bertz CT molecular complexity index is 856. The molecule has 0 saturated heterocycles. The predicted molar refractivity (Wildman–Crippen MR) is 94.6 cm³/mol. The Morgan fingerprint density at radius 2 is 1.76 bits per heavy atom. The summed E-state index contributed by atoms with van der Waals surface area (Å²) < 4.78 is 38.2. The van der Waals surface area contributed by atoms with Crippen LogP contribution in [0.1, 0.15) is 31.2 Å². The molecule has 2 aromatic carbocycles. The minimum Gasteiger partial charge on any atom is -0.326 e. The predicted octanol–water partition coefficient (Wildman–Crippen LogP) is 3.72. The lowest BCUT2D eigenvalue weighted by Gasteiger charge is -2.12. The summed E-state index contributed by atoms with van der Waals surface area (Å²) in [6, 6.07) is 12.1. The van der Waals surface area contributed by atoms with Crippen LogP contribution in [0, 0.1) is 5.82 Å². The highest BCUT2D eigenvalue weighted by molar-refractivity contribution is 7.92. The van der Waals surface area contributed by atoms with Gasteiger partial charge in [0, 0.05) is 5.69 Å². The summed E-state index contributed by atoms with van der Waals surface area (Å²) in [5.41, 5.74) is 1.14. The molecule has 25 heavy (non-hydrogen) atoms. The summed E-state index contributed by atoms with van der Waals surface area (Å²) in [4.78, 5) is 12.4. The molecule has 0 atom stereocenters. The van der Waals surface area contributed by atoms with E-state index in [9.17, 15) is 17.6 Å². The second-order valence-electron chi connectivity index (χ2n) is 6.33. The average molecular weight is 361 g/mol. The van der Waals surface area contributed by atoms with Gasteiger partial charge in [0.15, 0.2) is 9.84 Å². The number of carbonyl (C=O) groups is 1. The van der Waals surface area contributed by atoms with Crippen LogP contribution in [0.15, 0.2) is 53.4 Å². The summed E-state index contributed by atoms with van der Waals surface area (Å²) in [5, 5.41) is 2.39. The highest BCUT2D eigenvalue weighted by atomic mass is 32.2. The van der Waals surface area contributed by atoms with Gasteiger partial charge in [0.1, 0.15) is 5.82 Å². The van der Waals surface area contributed by atoms with Crippen LogP contribution < -0.4 is 5.32 Å². The Kier molecular flexibility index (Phi) is 5.18. The van der Waals surface area contributed by atoms with E-state index >= 15 is 0 Å². The summed E-state index contributed by atoms with van der Waals surface area (Å²) in [5.74, 6) is -0.629. The van der Waals surface area contributed by atoms with Crippen molar-refractivity contribution in [1.29, 1.82) is 0 Å². The highest BCUT2D eigenvalue weighted by Gasteiger charge is 2.30. The first-order valence-corrected chi connectivity index (χ1v) is 9.88. The van der Waals surface area contributed by atoms with Crippen LogP contribution in [0.3, 0.4) is 0 Å². The Morgan fingerprint density at radius 1 is 1.08 bits per heavy atom. The van der Waals surface area contributed by atoms with E-state index in [4.69, 9.17) is 0 Å². The molecule has 0 radical (unpaired) electrons. The van der Waals surface area contributed by atoms with E-state index < -0.39 is 9.84 Å². The van der Waals surface area contributed by atoms with Crippen LogP contribution in [0.25, 0.3) is 0 Å². The molecule has 1 amide bonds. The standard InChI is InChI=1S/C19H20FNO3S/c20-15-10-8-14(9-11-15)12-19(22)21-16-4-3-7-18(13-16)25(23,24)17-5-1-2-6-17/h3-4,7-11,13,17H,1-2,5-6,12H2,(H,21,22). The Balaban J connectivity index is 1.71. The molecule has 3 rings (SSSR count). The zero-order valence-electron chi connectivity index (χ0n) is 13.7. The number of nitrogens with one attached hydrogen (secondary N) is 1. The van der Waals surface area contributed by atoms with Crippen LogP contribution in [-0.2, 0) is 21.1 Å². The van der Waals surface area contributed by atoms with Crippen LogP contribution in [0.4, 0.5) is 10.1 Å². The van der Waals surface area contributed by atoms with Crippen LogP contribution in [0.5, 0.6) is 0 Å².